The number of ether oxygens (including phenoxy) is 4. The molecule has 1 heterocycles. The summed E-state index contributed by atoms with van der Waals surface area (Å²) in [6.45, 7) is 2.11. The van der Waals surface area contributed by atoms with Gasteiger partial charge in [-0.15, -0.1) is 0 Å². The third-order valence-corrected chi connectivity index (χ3v) is 4.44. The molecule has 2 atom stereocenters. The van der Waals surface area contributed by atoms with Crippen LogP contribution in [0.25, 0.3) is 6.08 Å². The molecule has 0 saturated heterocycles. The topological polar surface area (TPSA) is 57.2 Å². The minimum Gasteiger partial charge on any atom is -0.504 e. The summed E-state index contributed by atoms with van der Waals surface area (Å²) in [7, 11) is 4.77. The fourth-order valence-corrected chi connectivity index (χ4v) is 3.12. The molecule has 0 saturated carbocycles. The van der Waals surface area contributed by atoms with Gasteiger partial charge in [-0.3, -0.25) is 0 Å². The Morgan fingerprint density at radius 3 is 2.48 bits per heavy atom. The average Bonchev–Trinajstić information content (AvgIpc) is 2.96. The summed E-state index contributed by atoms with van der Waals surface area (Å²) in [5.74, 6) is 2.10. The molecule has 0 spiro atoms. The molecule has 5 heteroatoms. The second-order valence-corrected chi connectivity index (χ2v) is 5.94. The number of benzene rings is 2. The van der Waals surface area contributed by atoms with Gasteiger partial charge in [0.15, 0.2) is 23.0 Å². The first-order valence-corrected chi connectivity index (χ1v) is 8.03. The van der Waals surface area contributed by atoms with E-state index in [-0.39, 0.29) is 17.8 Å². The predicted molar refractivity (Wildman–Crippen MR) is 95.5 cm³/mol. The molecule has 132 valence electrons. The number of methoxy groups -OCH3 is 3. The highest BCUT2D eigenvalue weighted by molar-refractivity contribution is 5.62. The first kappa shape index (κ1) is 17.0. The van der Waals surface area contributed by atoms with E-state index in [4.69, 9.17) is 18.9 Å². The van der Waals surface area contributed by atoms with Crippen molar-refractivity contribution in [1.29, 1.82) is 0 Å². The molecule has 25 heavy (non-hydrogen) atoms. The molecule has 0 aliphatic carbocycles. The molecule has 0 fully saturated rings. The first-order chi connectivity index (χ1) is 12.1. The second kappa shape index (κ2) is 6.97. The van der Waals surface area contributed by atoms with Gasteiger partial charge in [-0.05, 0) is 41.5 Å². The molecule has 3 rings (SSSR count). The minimum atomic E-state index is -0.181. The van der Waals surface area contributed by atoms with E-state index in [1.54, 1.807) is 32.6 Å². The SMILES string of the molecule is CO/C=C/c1cc(OC)c2c(c1)[C@H](C)[C@@H](c1ccc(O)c(OC)c1)O2. The van der Waals surface area contributed by atoms with Crippen LogP contribution in [0.1, 0.15) is 35.6 Å². The van der Waals surface area contributed by atoms with Crippen molar-refractivity contribution in [3.8, 4) is 23.0 Å². The summed E-state index contributed by atoms with van der Waals surface area (Å²) in [5.41, 5.74) is 3.00. The van der Waals surface area contributed by atoms with Crippen molar-refractivity contribution in [2.45, 2.75) is 18.9 Å². The number of phenolic OH excluding ortho intramolecular Hbond substituents is 1. The fraction of sp³-hybridized carbons (Fsp3) is 0.300. The highest BCUT2D eigenvalue weighted by Gasteiger charge is 2.35. The largest absolute Gasteiger partial charge is 0.504 e. The maximum absolute atomic E-state index is 9.81. The van der Waals surface area contributed by atoms with Crippen molar-refractivity contribution in [2.75, 3.05) is 21.3 Å². The zero-order chi connectivity index (χ0) is 18.0. The minimum absolute atomic E-state index is 0.110. The molecule has 1 aliphatic rings. The Bertz CT molecular complexity index is 797. The van der Waals surface area contributed by atoms with Gasteiger partial charge in [-0.2, -0.15) is 0 Å². The van der Waals surface area contributed by atoms with Gasteiger partial charge >= 0.3 is 0 Å². The monoisotopic (exact) mass is 342 g/mol. The summed E-state index contributed by atoms with van der Waals surface area (Å²) in [5, 5.41) is 9.81. The number of hydrogen-bond donors (Lipinski definition) is 1. The van der Waals surface area contributed by atoms with Crippen molar-refractivity contribution in [1.82, 2.24) is 0 Å². The van der Waals surface area contributed by atoms with Crippen LogP contribution in [0.2, 0.25) is 0 Å². The third kappa shape index (κ3) is 3.09. The molecular weight excluding hydrogens is 320 g/mol. The van der Waals surface area contributed by atoms with Gasteiger partial charge in [-0.25, -0.2) is 0 Å². The highest BCUT2D eigenvalue weighted by Crippen LogP contribution is 2.51. The van der Waals surface area contributed by atoms with Gasteiger partial charge < -0.3 is 24.1 Å². The molecule has 0 aromatic heterocycles. The van der Waals surface area contributed by atoms with Crippen molar-refractivity contribution < 1.29 is 24.1 Å². The van der Waals surface area contributed by atoms with Crippen LogP contribution in [-0.2, 0) is 4.74 Å². The van der Waals surface area contributed by atoms with Crippen molar-refractivity contribution >= 4 is 6.08 Å². The van der Waals surface area contributed by atoms with Crippen LogP contribution in [0.4, 0.5) is 0 Å². The molecule has 1 N–H and O–H groups in total. The Kier molecular flexibility index (Phi) is 4.74. The van der Waals surface area contributed by atoms with Crippen LogP contribution in [0.3, 0.4) is 0 Å². The van der Waals surface area contributed by atoms with E-state index in [1.165, 1.54) is 7.11 Å². The quantitative estimate of drug-likeness (QED) is 0.823. The second-order valence-electron chi connectivity index (χ2n) is 5.94. The third-order valence-electron chi connectivity index (χ3n) is 4.44. The number of rotatable bonds is 5. The molecule has 0 amide bonds. The van der Waals surface area contributed by atoms with Crippen molar-refractivity contribution in [3.63, 3.8) is 0 Å². The Labute approximate surface area is 147 Å². The van der Waals surface area contributed by atoms with Gasteiger partial charge in [-0.1, -0.05) is 13.0 Å². The van der Waals surface area contributed by atoms with E-state index < -0.39 is 0 Å². The van der Waals surface area contributed by atoms with Crippen LogP contribution < -0.4 is 14.2 Å². The zero-order valence-corrected chi connectivity index (χ0v) is 14.8. The van der Waals surface area contributed by atoms with E-state index in [0.29, 0.717) is 11.5 Å². The lowest BCUT2D eigenvalue weighted by atomic mass is 9.91. The predicted octanol–water partition coefficient (Wildman–Crippen LogP) is 4.26. The molecule has 1 aliphatic heterocycles. The number of aromatic hydroxyl groups is 1. The van der Waals surface area contributed by atoms with E-state index >= 15 is 0 Å². The van der Waals surface area contributed by atoms with Gasteiger partial charge in [0.25, 0.3) is 0 Å². The first-order valence-electron chi connectivity index (χ1n) is 8.03. The Morgan fingerprint density at radius 1 is 1.04 bits per heavy atom. The van der Waals surface area contributed by atoms with Gasteiger partial charge in [0.1, 0.15) is 6.10 Å². The van der Waals surface area contributed by atoms with Gasteiger partial charge in [0, 0.05) is 11.5 Å². The van der Waals surface area contributed by atoms with Gasteiger partial charge in [0.2, 0.25) is 0 Å². The van der Waals surface area contributed by atoms with E-state index in [9.17, 15) is 5.11 Å². The highest BCUT2D eigenvalue weighted by atomic mass is 16.5. The molecule has 5 nitrogen and oxygen atoms in total. The summed E-state index contributed by atoms with van der Waals surface area (Å²) in [6.07, 6.45) is 3.33. The van der Waals surface area contributed by atoms with Crippen LogP contribution >= 0.6 is 0 Å². The summed E-state index contributed by atoms with van der Waals surface area (Å²) in [6, 6.07) is 9.28. The molecule has 0 radical (unpaired) electrons. The molecule has 0 bridgehead atoms. The lowest BCUT2D eigenvalue weighted by Gasteiger charge is -2.17. The van der Waals surface area contributed by atoms with E-state index in [2.05, 4.69) is 13.0 Å². The van der Waals surface area contributed by atoms with Gasteiger partial charge in [0.05, 0.1) is 27.6 Å². The maximum atomic E-state index is 9.81. The fourth-order valence-electron chi connectivity index (χ4n) is 3.12. The molecule has 2 aromatic carbocycles. The molecular formula is C20H22O5. The summed E-state index contributed by atoms with van der Waals surface area (Å²) < 4.78 is 21.9. The molecule has 2 aromatic rings. The van der Waals surface area contributed by atoms with Crippen molar-refractivity contribution in [3.05, 3.63) is 53.3 Å². The van der Waals surface area contributed by atoms with Crippen LogP contribution in [0.5, 0.6) is 23.0 Å². The normalized spacial score (nSPS) is 18.7. The number of fused-ring (bicyclic) bond motifs is 1. The van der Waals surface area contributed by atoms with E-state index in [1.807, 2.05) is 18.2 Å². The summed E-state index contributed by atoms with van der Waals surface area (Å²) in [4.78, 5) is 0. The smallest absolute Gasteiger partial charge is 0.165 e. The van der Waals surface area contributed by atoms with Crippen LogP contribution in [0, 0.1) is 0 Å². The zero-order valence-electron chi connectivity index (χ0n) is 14.8. The average molecular weight is 342 g/mol. The standard InChI is InChI=1S/C20H22O5/c1-12-15-9-13(7-8-22-2)10-18(24-4)20(15)25-19(12)14-5-6-16(21)17(11-14)23-3/h5-12,19,21H,1-4H3/b8-7+/t12-,19-/m0/s1. The Balaban J connectivity index is 2.00. The number of hydrogen-bond acceptors (Lipinski definition) is 5. The Morgan fingerprint density at radius 2 is 1.80 bits per heavy atom. The summed E-state index contributed by atoms with van der Waals surface area (Å²) >= 11 is 0. The molecule has 0 unspecified atom stereocenters. The number of phenols is 1. The lowest BCUT2D eigenvalue weighted by Crippen LogP contribution is -2.07. The lowest BCUT2D eigenvalue weighted by molar-refractivity contribution is 0.207. The van der Waals surface area contributed by atoms with Crippen molar-refractivity contribution in [2.24, 2.45) is 0 Å². The van der Waals surface area contributed by atoms with Crippen LogP contribution in [-0.4, -0.2) is 26.4 Å². The van der Waals surface area contributed by atoms with E-state index in [0.717, 1.165) is 22.4 Å². The Hall–Kier alpha value is -2.82. The van der Waals surface area contributed by atoms with Crippen LogP contribution in [0.15, 0.2) is 36.6 Å². The maximum Gasteiger partial charge on any atom is 0.165 e.